The summed E-state index contributed by atoms with van der Waals surface area (Å²) in [5.74, 6) is 1.13. The Morgan fingerprint density at radius 3 is 2.40 bits per heavy atom. The zero-order valence-electron chi connectivity index (χ0n) is 9.35. The molecule has 0 amide bonds. The first kappa shape index (κ1) is 11.2. The van der Waals surface area contributed by atoms with Crippen LogP contribution >= 0.6 is 0 Å². The highest BCUT2D eigenvalue weighted by atomic mass is 16.1. The van der Waals surface area contributed by atoms with Crippen molar-refractivity contribution in [3.8, 4) is 0 Å². The summed E-state index contributed by atoms with van der Waals surface area (Å²) >= 11 is 0. The van der Waals surface area contributed by atoms with Crippen molar-refractivity contribution in [1.29, 1.82) is 0 Å². The number of H-pyrrole nitrogens is 1. The average molecular weight is 209 g/mol. The van der Waals surface area contributed by atoms with Gasteiger partial charge in [0, 0.05) is 34.4 Å². The lowest BCUT2D eigenvalue weighted by molar-refractivity contribution is 0.484. The smallest absolute Gasteiger partial charge is 0.346 e. The molecule has 0 saturated heterocycles. The number of hydrogen-bond acceptors (Lipinski definition) is 3. The lowest BCUT2D eigenvalue weighted by Crippen LogP contribution is -2.35. The van der Waals surface area contributed by atoms with Gasteiger partial charge in [0.2, 0.25) is 5.96 Å². The van der Waals surface area contributed by atoms with E-state index < -0.39 is 5.69 Å². The van der Waals surface area contributed by atoms with Crippen molar-refractivity contribution in [2.45, 2.75) is 0 Å². The number of aromatic nitrogens is 2. The molecule has 6 heteroatoms. The highest BCUT2D eigenvalue weighted by Crippen LogP contribution is 2.04. The van der Waals surface area contributed by atoms with E-state index in [1.807, 2.05) is 38.0 Å². The number of nitrogens with zero attached hydrogens (tertiary/aromatic N) is 4. The third-order valence-electron chi connectivity index (χ3n) is 1.67. The molecule has 82 valence electrons. The van der Waals surface area contributed by atoms with Crippen molar-refractivity contribution in [3.05, 3.63) is 22.7 Å². The molecular formula is C9H15N5O. The van der Waals surface area contributed by atoms with E-state index in [-0.39, 0.29) is 0 Å². The first-order valence-corrected chi connectivity index (χ1v) is 4.50. The van der Waals surface area contributed by atoms with Crippen molar-refractivity contribution in [3.63, 3.8) is 0 Å². The second-order valence-corrected chi connectivity index (χ2v) is 3.45. The van der Waals surface area contributed by atoms with Gasteiger partial charge >= 0.3 is 5.69 Å². The maximum atomic E-state index is 10.9. The summed E-state index contributed by atoms with van der Waals surface area (Å²) in [5, 5.41) is 0. The highest BCUT2D eigenvalue weighted by molar-refractivity contribution is 5.81. The molecule has 0 aliphatic carbocycles. The highest BCUT2D eigenvalue weighted by Gasteiger charge is 2.04. The van der Waals surface area contributed by atoms with E-state index in [4.69, 9.17) is 0 Å². The van der Waals surface area contributed by atoms with Gasteiger partial charge in [-0.1, -0.05) is 0 Å². The number of hydrogen-bond donors (Lipinski definition) is 1. The Hall–Kier alpha value is -1.85. The van der Waals surface area contributed by atoms with Crippen LogP contribution in [0.15, 0.2) is 22.1 Å². The molecule has 1 aromatic rings. The Balaban J connectivity index is 3.07. The van der Waals surface area contributed by atoms with Crippen LogP contribution in [0.5, 0.6) is 0 Å². The quantitative estimate of drug-likeness (QED) is 0.517. The lowest BCUT2D eigenvalue weighted by atomic mass is 10.6. The van der Waals surface area contributed by atoms with Crippen molar-refractivity contribution < 1.29 is 0 Å². The molecule has 0 aliphatic rings. The molecule has 0 spiro atoms. The molecule has 0 saturated carbocycles. The van der Waals surface area contributed by atoms with Gasteiger partial charge in [0.15, 0.2) is 5.82 Å². The molecule has 0 unspecified atom stereocenters. The summed E-state index contributed by atoms with van der Waals surface area (Å²) in [6.07, 6.45) is 1.52. The minimum atomic E-state index is -0.395. The number of guanidine groups is 1. The van der Waals surface area contributed by atoms with E-state index in [2.05, 4.69) is 15.0 Å². The molecule has 1 N–H and O–H groups in total. The van der Waals surface area contributed by atoms with Crippen LogP contribution in [0.1, 0.15) is 0 Å². The van der Waals surface area contributed by atoms with Gasteiger partial charge < -0.3 is 14.8 Å². The van der Waals surface area contributed by atoms with Crippen molar-refractivity contribution in [1.82, 2.24) is 19.8 Å². The summed E-state index contributed by atoms with van der Waals surface area (Å²) in [7, 11) is 7.52. The van der Waals surface area contributed by atoms with Crippen LogP contribution in [0.4, 0.5) is 5.82 Å². The molecule has 6 nitrogen and oxygen atoms in total. The Bertz CT molecular complexity index is 397. The van der Waals surface area contributed by atoms with E-state index in [1.165, 1.54) is 6.20 Å². The van der Waals surface area contributed by atoms with E-state index in [0.717, 1.165) is 5.96 Å². The molecule has 1 heterocycles. The number of nitrogens with one attached hydrogen (secondary N) is 1. The summed E-state index contributed by atoms with van der Waals surface area (Å²) < 4.78 is 0. The monoisotopic (exact) mass is 209 g/mol. The van der Waals surface area contributed by atoms with Gasteiger partial charge in [-0.2, -0.15) is 9.98 Å². The third-order valence-corrected chi connectivity index (χ3v) is 1.67. The number of rotatable bonds is 1. The van der Waals surface area contributed by atoms with Crippen LogP contribution in [0.3, 0.4) is 0 Å². The predicted molar refractivity (Wildman–Crippen MR) is 59.3 cm³/mol. The molecule has 0 atom stereocenters. The standard InChI is InChI=1S/C9H15N5O/c1-13(2)9(14(3)4)12-7-5-6-10-8(15)11-7/h5-6H,1-4H3,(H,10,11,15). The van der Waals surface area contributed by atoms with Crippen LogP contribution < -0.4 is 5.69 Å². The van der Waals surface area contributed by atoms with E-state index in [9.17, 15) is 4.79 Å². The van der Waals surface area contributed by atoms with Crippen molar-refractivity contribution in [2.75, 3.05) is 28.2 Å². The van der Waals surface area contributed by atoms with E-state index in [1.54, 1.807) is 6.07 Å². The van der Waals surface area contributed by atoms with Gasteiger partial charge in [0.05, 0.1) is 0 Å². The zero-order chi connectivity index (χ0) is 11.4. The Kier molecular flexibility index (Phi) is 3.43. The molecule has 0 aliphatic heterocycles. The minimum Gasteiger partial charge on any atom is -0.349 e. The van der Waals surface area contributed by atoms with Gasteiger partial charge in [-0.3, -0.25) is 0 Å². The molecule has 0 radical (unpaired) electrons. The third kappa shape index (κ3) is 3.08. The van der Waals surface area contributed by atoms with Gasteiger partial charge in [-0.05, 0) is 6.07 Å². The SMILES string of the molecule is CN(C)C(=Nc1cc[nH]c(=O)n1)N(C)C. The second-order valence-electron chi connectivity index (χ2n) is 3.45. The molecule has 0 bridgehead atoms. The molecule has 1 rings (SSSR count). The van der Waals surface area contributed by atoms with E-state index in [0.29, 0.717) is 5.82 Å². The topological polar surface area (TPSA) is 64.6 Å². The van der Waals surface area contributed by atoms with Crippen LogP contribution in [0.25, 0.3) is 0 Å². The molecule has 0 fully saturated rings. The fraction of sp³-hybridized carbons (Fsp3) is 0.444. The molecule has 1 aromatic heterocycles. The van der Waals surface area contributed by atoms with Gasteiger partial charge in [0.1, 0.15) is 0 Å². The summed E-state index contributed by atoms with van der Waals surface area (Å²) in [4.78, 5) is 25.1. The van der Waals surface area contributed by atoms with Gasteiger partial charge in [-0.15, -0.1) is 0 Å². The van der Waals surface area contributed by atoms with E-state index >= 15 is 0 Å². The Labute approximate surface area is 88.3 Å². The van der Waals surface area contributed by atoms with Crippen molar-refractivity contribution in [2.24, 2.45) is 4.99 Å². The first-order chi connectivity index (χ1) is 7.00. The number of aromatic amines is 1. The fourth-order valence-corrected chi connectivity index (χ4v) is 1.13. The molecule has 15 heavy (non-hydrogen) atoms. The lowest BCUT2D eigenvalue weighted by Gasteiger charge is -2.22. The second kappa shape index (κ2) is 4.59. The Morgan fingerprint density at radius 2 is 1.93 bits per heavy atom. The first-order valence-electron chi connectivity index (χ1n) is 4.50. The van der Waals surface area contributed by atoms with Crippen LogP contribution in [0, 0.1) is 0 Å². The van der Waals surface area contributed by atoms with Crippen LogP contribution in [-0.4, -0.2) is 53.9 Å². The maximum absolute atomic E-state index is 10.9. The summed E-state index contributed by atoms with van der Waals surface area (Å²) in [6, 6.07) is 1.65. The minimum absolute atomic E-state index is 0.395. The summed E-state index contributed by atoms with van der Waals surface area (Å²) in [6.45, 7) is 0. The molecular weight excluding hydrogens is 194 g/mol. The average Bonchev–Trinajstić information content (AvgIpc) is 2.13. The zero-order valence-corrected chi connectivity index (χ0v) is 9.35. The summed E-state index contributed by atoms with van der Waals surface area (Å²) in [5.41, 5.74) is -0.395. The largest absolute Gasteiger partial charge is 0.349 e. The van der Waals surface area contributed by atoms with Gasteiger partial charge in [-0.25, -0.2) is 4.79 Å². The van der Waals surface area contributed by atoms with Gasteiger partial charge in [0.25, 0.3) is 0 Å². The fourth-order valence-electron chi connectivity index (χ4n) is 1.13. The number of aliphatic imine (C=N–C) groups is 1. The maximum Gasteiger partial charge on any atom is 0.346 e. The molecule has 0 aromatic carbocycles. The normalized spacial score (nSPS) is 9.60. The van der Waals surface area contributed by atoms with Crippen LogP contribution in [0.2, 0.25) is 0 Å². The predicted octanol–water partition coefficient (Wildman–Crippen LogP) is -0.119. The van der Waals surface area contributed by atoms with Crippen molar-refractivity contribution >= 4 is 11.8 Å². The van der Waals surface area contributed by atoms with Crippen LogP contribution in [-0.2, 0) is 0 Å². The Morgan fingerprint density at radius 1 is 1.33 bits per heavy atom.